The van der Waals surface area contributed by atoms with Crippen LogP contribution >= 0.6 is 11.6 Å². The number of rotatable bonds is 5. The van der Waals surface area contributed by atoms with Crippen LogP contribution in [0.4, 0.5) is 0 Å². The normalized spacial score (nSPS) is 10.9. The molecule has 0 aliphatic carbocycles. The van der Waals surface area contributed by atoms with Gasteiger partial charge in [0, 0.05) is 36.3 Å². The maximum atomic E-state index is 12.6. The predicted octanol–water partition coefficient (Wildman–Crippen LogP) is 3.65. The van der Waals surface area contributed by atoms with Crippen molar-refractivity contribution in [2.75, 3.05) is 0 Å². The van der Waals surface area contributed by atoms with Crippen molar-refractivity contribution < 1.29 is 4.79 Å². The minimum Gasteiger partial charge on any atom is -0.348 e. The highest BCUT2D eigenvalue weighted by Gasteiger charge is 2.12. The number of hydrogen-bond donors (Lipinski definition) is 1. The van der Waals surface area contributed by atoms with E-state index in [0.717, 1.165) is 22.6 Å². The Hall–Kier alpha value is -3.45. The minimum atomic E-state index is -0.168. The highest BCUT2D eigenvalue weighted by atomic mass is 35.5. The molecule has 7 nitrogen and oxygen atoms in total. The summed E-state index contributed by atoms with van der Waals surface area (Å²) >= 11 is 6.22. The zero-order valence-corrected chi connectivity index (χ0v) is 16.8. The lowest BCUT2D eigenvalue weighted by molar-refractivity contribution is 0.0951. The van der Waals surface area contributed by atoms with Gasteiger partial charge in [-0.2, -0.15) is 10.2 Å². The molecule has 0 spiro atoms. The van der Waals surface area contributed by atoms with Crippen LogP contribution in [0.2, 0.25) is 5.02 Å². The Morgan fingerprint density at radius 2 is 1.90 bits per heavy atom. The van der Waals surface area contributed by atoms with Gasteiger partial charge in [0.2, 0.25) is 0 Å². The van der Waals surface area contributed by atoms with Crippen LogP contribution in [-0.4, -0.2) is 30.5 Å². The fourth-order valence-electron chi connectivity index (χ4n) is 3.08. The van der Waals surface area contributed by atoms with E-state index in [9.17, 15) is 4.79 Å². The van der Waals surface area contributed by atoms with Crippen molar-refractivity contribution in [3.63, 3.8) is 0 Å². The molecule has 1 aromatic carbocycles. The number of nitrogens with zero attached hydrogens (tertiary/aromatic N) is 5. The maximum absolute atomic E-state index is 12.6. The monoisotopic (exact) mass is 406 g/mol. The van der Waals surface area contributed by atoms with Crippen LogP contribution in [0.1, 0.15) is 27.3 Å². The third-order valence-electron chi connectivity index (χ3n) is 4.61. The number of amides is 1. The topological polar surface area (TPSA) is 77.6 Å². The number of hydrogen-bond acceptors (Lipinski definition) is 4. The fourth-order valence-corrected chi connectivity index (χ4v) is 3.19. The molecule has 0 radical (unpaired) electrons. The van der Waals surface area contributed by atoms with E-state index in [4.69, 9.17) is 11.6 Å². The molecule has 29 heavy (non-hydrogen) atoms. The highest BCUT2D eigenvalue weighted by molar-refractivity contribution is 6.31. The summed E-state index contributed by atoms with van der Waals surface area (Å²) in [5, 5.41) is 12.2. The van der Waals surface area contributed by atoms with Gasteiger partial charge in [0.15, 0.2) is 5.82 Å². The zero-order valence-electron chi connectivity index (χ0n) is 16.0. The largest absolute Gasteiger partial charge is 0.348 e. The Balaban J connectivity index is 1.48. The molecule has 146 valence electrons. The predicted molar refractivity (Wildman–Crippen MR) is 111 cm³/mol. The van der Waals surface area contributed by atoms with Gasteiger partial charge in [0.05, 0.1) is 22.1 Å². The molecule has 4 rings (SSSR count). The third-order valence-corrected chi connectivity index (χ3v) is 5.15. The van der Waals surface area contributed by atoms with Gasteiger partial charge in [-0.15, -0.1) is 0 Å². The molecule has 3 aromatic heterocycles. The molecule has 0 saturated carbocycles. The van der Waals surface area contributed by atoms with Crippen LogP contribution in [0.5, 0.6) is 0 Å². The summed E-state index contributed by atoms with van der Waals surface area (Å²) in [6.45, 7) is 4.12. The molecule has 0 unspecified atom stereocenters. The van der Waals surface area contributed by atoms with E-state index in [1.165, 1.54) is 0 Å². The number of benzene rings is 1. The van der Waals surface area contributed by atoms with Crippen molar-refractivity contribution in [3.05, 3.63) is 88.6 Å². The van der Waals surface area contributed by atoms with E-state index >= 15 is 0 Å². The summed E-state index contributed by atoms with van der Waals surface area (Å²) in [6.07, 6.45) is 5.21. The zero-order chi connectivity index (χ0) is 20.4. The van der Waals surface area contributed by atoms with Crippen LogP contribution in [0, 0.1) is 13.8 Å². The average Bonchev–Trinajstić information content (AvgIpc) is 3.37. The number of carbonyl (C=O) groups is 1. The second kappa shape index (κ2) is 7.89. The Morgan fingerprint density at radius 1 is 1.10 bits per heavy atom. The van der Waals surface area contributed by atoms with Crippen molar-refractivity contribution in [1.29, 1.82) is 0 Å². The van der Waals surface area contributed by atoms with Gasteiger partial charge in [-0.1, -0.05) is 17.7 Å². The lowest BCUT2D eigenvalue weighted by atomic mass is 10.2. The number of nitrogens with one attached hydrogen (secondary N) is 1. The molecule has 0 fully saturated rings. The molecule has 4 aromatic rings. The first-order valence-corrected chi connectivity index (χ1v) is 9.46. The Labute approximate surface area is 173 Å². The smallest absolute Gasteiger partial charge is 0.251 e. The molecule has 1 N–H and O–H groups in total. The van der Waals surface area contributed by atoms with Gasteiger partial charge in [-0.05, 0) is 50.2 Å². The third kappa shape index (κ3) is 3.77. The minimum absolute atomic E-state index is 0.168. The summed E-state index contributed by atoms with van der Waals surface area (Å²) in [4.78, 5) is 17.0. The van der Waals surface area contributed by atoms with Gasteiger partial charge in [0.25, 0.3) is 5.91 Å². The quantitative estimate of drug-likeness (QED) is 0.548. The molecule has 0 bridgehead atoms. The van der Waals surface area contributed by atoms with Crippen LogP contribution in [0.15, 0.2) is 61.1 Å². The van der Waals surface area contributed by atoms with Crippen LogP contribution < -0.4 is 5.32 Å². The second-order valence-corrected chi connectivity index (χ2v) is 6.94. The number of aryl methyl sites for hydroxylation is 1. The van der Waals surface area contributed by atoms with Crippen molar-refractivity contribution >= 4 is 17.5 Å². The summed E-state index contributed by atoms with van der Waals surface area (Å²) in [7, 11) is 0. The van der Waals surface area contributed by atoms with Crippen LogP contribution in [0.3, 0.4) is 0 Å². The number of halogens is 1. The Morgan fingerprint density at radius 3 is 2.55 bits per heavy atom. The SMILES string of the molecule is Cc1nn(-c2ccc(C(=O)NCc3cccnc3-n3cccn3)cc2)c(C)c1Cl. The Kier molecular flexibility index (Phi) is 5.14. The highest BCUT2D eigenvalue weighted by Crippen LogP contribution is 2.22. The van der Waals surface area contributed by atoms with Crippen LogP contribution in [0.25, 0.3) is 11.5 Å². The lowest BCUT2D eigenvalue weighted by Gasteiger charge is -2.10. The van der Waals surface area contributed by atoms with E-state index in [1.54, 1.807) is 33.9 Å². The summed E-state index contributed by atoms with van der Waals surface area (Å²) < 4.78 is 3.45. The summed E-state index contributed by atoms with van der Waals surface area (Å²) in [6, 6.07) is 12.8. The lowest BCUT2D eigenvalue weighted by Crippen LogP contribution is -2.23. The summed E-state index contributed by atoms with van der Waals surface area (Å²) in [5.74, 6) is 0.521. The Bertz CT molecular complexity index is 1150. The molecule has 0 aliphatic rings. The molecule has 0 atom stereocenters. The number of pyridine rings is 1. The van der Waals surface area contributed by atoms with Crippen LogP contribution in [-0.2, 0) is 6.54 Å². The first-order valence-electron chi connectivity index (χ1n) is 9.09. The number of aromatic nitrogens is 5. The van der Waals surface area contributed by atoms with E-state index in [0.29, 0.717) is 22.9 Å². The van der Waals surface area contributed by atoms with E-state index < -0.39 is 0 Å². The molecule has 8 heteroatoms. The van der Waals surface area contributed by atoms with Crippen molar-refractivity contribution in [2.45, 2.75) is 20.4 Å². The van der Waals surface area contributed by atoms with E-state index in [2.05, 4.69) is 20.5 Å². The van der Waals surface area contributed by atoms with Gasteiger partial charge >= 0.3 is 0 Å². The molecule has 1 amide bonds. The molecule has 0 saturated heterocycles. The van der Waals surface area contributed by atoms with Gasteiger partial charge < -0.3 is 5.32 Å². The molecule has 3 heterocycles. The fraction of sp³-hybridized carbons (Fsp3) is 0.143. The summed E-state index contributed by atoms with van der Waals surface area (Å²) in [5.41, 5.74) is 3.92. The van der Waals surface area contributed by atoms with E-state index in [1.807, 2.05) is 50.4 Å². The van der Waals surface area contributed by atoms with Gasteiger partial charge in [-0.3, -0.25) is 4.79 Å². The first-order chi connectivity index (χ1) is 14.0. The maximum Gasteiger partial charge on any atom is 0.251 e. The van der Waals surface area contributed by atoms with Crippen molar-refractivity contribution in [3.8, 4) is 11.5 Å². The van der Waals surface area contributed by atoms with E-state index in [-0.39, 0.29) is 5.91 Å². The molecular formula is C21H19ClN6O. The molecule has 0 aliphatic heterocycles. The standard InChI is InChI=1S/C21H19ClN6O/c1-14-19(22)15(2)28(26-14)18-8-6-16(7-9-18)21(29)24-13-17-5-3-10-23-20(17)27-12-4-11-25-27/h3-12H,13H2,1-2H3,(H,24,29). The molecular weight excluding hydrogens is 388 g/mol. The van der Waals surface area contributed by atoms with Gasteiger partial charge in [0.1, 0.15) is 0 Å². The second-order valence-electron chi connectivity index (χ2n) is 6.56. The van der Waals surface area contributed by atoms with Gasteiger partial charge in [-0.25, -0.2) is 14.3 Å². The average molecular weight is 407 g/mol. The number of carbonyl (C=O) groups excluding carboxylic acids is 1. The van der Waals surface area contributed by atoms with Crippen molar-refractivity contribution in [2.24, 2.45) is 0 Å². The van der Waals surface area contributed by atoms with Crippen molar-refractivity contribution in [1.82, 2.24) is 29.9 Å². The first kappa shape index (κ1) is 18.9.